The number of hydrogen-bond acceptors (Lipinski definition) is 5. The van der Waals surface area contributed by atoms with E-state index in [2.05, 4.69) is 15.6 Å². The quantitative estimate of drug-likeness (QED) is 0.271. The first-order valence-electron chi connectivity index (χ1n) is 12.6. The second-order valence-electron chi connectivity index (χ2n) is 9.61. The second kappa shape index (κ2) is 11.3. The molecule has 0 bridgehead atoms. The van der Waals surface area contributed by atoms with Gasteiger partial charge in [0.15, 0.2) is 0 Å². The molecule has 3 N–H and O–H groups in total. The van der Waals surface area contributed by atoms with Crippen LogP contribution in [0.5, 0.6) is 0 Å². The number of carboxylic acid groups (broad SMARTS) is 1. The van der Waals surface area contributed by atoms with E-state index in [0.29, 0.717) is 38.2 Å². The number of halogens is 3. The fourth-order valence-electron chi connectivity index (χ4n) is 4.50. The van der Waals surface area contributed by atoms with Gasteiger partial charge in [0, 0.05) is 45.8 Å². The van der Waals surface area contributed by atoms with Crippen molar-refractivity contribution in [2.24, 2.45) is 0 Å². The third kappa shape index (κ3) is 5.85. The van der Waals surface area contributed by atoms with E-state index in [4.69, 9.17) is 16.9 Å². The average molecular weight is 575 g/mol. The topological polar surface area (TPSA) is 132 Å². The number of fused-ring (bicyclic) bond motifs is 1. The largest absolute Gasteiger partial charge is 0.480 e. The molecule has 0 saturated heterocycles. The van der Waals surface area contributed by atoms with Crippen molar-refractivity contribution in [3.8, 4) is 17.2 Å². The minimum Gasteiger partial charge on any atom is -0.480 e. The van der Waals surface area contributed by atoms with Crippen LogP contribution in [0.3, 0.4) is 0 Å². The molecule has 3 aromatic carbocycles. The summed E-state index contributed by atoms with van der Waals surface area (Å²) in [5.74, 6) is -5.93. The van der Waals surface area contributed by atoms with Crippen LogP contribution < -0.4 is 10.6 Å². The van der Waals surface area contributed by atoms with Gasteiger partial charge in [0.1, 0.15) is 23.2 Å². The number of nitrogens with zero attached hydrogens (tertiary/aromatic N) is 2. The van der Waals surface area contributed by atoms with Crippen molar-refractivity contribution in [3.05, 3.63) is 99.7 Å². The Morgan fingerprint density at radius 1 is 1.05 bits per heavy atom. The molecule has 206 valence electrons. The van der Waals surface area contributed by atoms with Gasteiger partial charge in [0.05, 0.1) is 17.1 Å². The van der Waals surface area contributed by atoms with Crippen LogP contribution in [0.15, 0.2) is 60.8 Å². The molecule has 1 fully saturated rings. The van der Waals surface area contributed by atoms with Gasteiger partial charge < -0.3 is 15.7 Å². The van der Waals surface area contributed by atoms with Crippen molar-refractivity contribution < 1.29 is 28.3 Å². The van der Waals surface area contributed by atoms with Crippen molar-refractivity contribution in [3.63, 3.8) is 0 Å². The molecule has 5 rings (SSSR count). The third-order valence-electron chi connectivity index (χ3n) is 6.72. The highest BCUT2D eigenvalue weighted by Gasteiger charge is 2.28. The van der Waals surface area contributed by atoms with E-state index in [1.807, 2.05) is 6.07 Å². The summed E-state index contributed by atoms with van der Waals surface area (Å²) in [6, 6.07) is 13.5. The lowest BCUT2D eigenvalue weighted by Crippen LogP contribution is -2.43. The zero-order valence-electron chi connectivity index (χ0n) is 21.2. The zero-order chi connectivity index (χ0) is 29.3. The Labute approximate surface area is 237 Å². The fraction of sp³-hybridized carbons (Fsp3) is 0.167. The number of nitrogens with one attached hydrogen (secondary N) is 2. The number of carbonyl (C=O) groups is 3. The maximum Gasteiger partial charge on any atom is 0.326 e. The van der Waals surface area contributed by atoms with E-state index < -0.39 is 41.0 Å². The number of aliphatic carboxylic acids is 1. The molecule has 0 radical (unpaired) electrons. The Morgan fingerprint density at radius 3 is 2.39 bits per heavy atom. The molecule has 41 heavy (non-hydrogen) atoms. The van der Waals surface area contributed by atoms with Crippen LogP contribution in [0.4, 0.5) is 8.78 Å². The van der Waals surface area contributed by atoms with Crippen LogP contribution in [-0.2, 0) is 11.2 Å². The molecule has 1 heterocycles. The molecule has 1 atom stereocenters. The molecule has 11 heteroatoms. The SMILES string of the molecule is N#Cc1ccc(-c2ccc(C[C@H](NC(=O)c3c(F)cc(C(=O)NC4CC4)cc3F)C(=O)O)c3cccnc23)c(Cl)c1. The predicted octanol–water partition coefficient (Wildman–Crippen LogP) is 5.02. The minimum absolute atomic E-state index is 0.0330. The van der Waals surface area contributed by atoms with E-state index in [-0.39, 0.29) is 18.0 Å². The summed E-state index contributed by atoms with van der Waals surface area (Å²) < 4.78 is 29.6. The van der Waals surface area contributed by atoms with Gasteiger partial charge in [-0.15, -0.1) is 0 Å². The van der Waals surface area contributed by atoms with Gasteiger partial charge in [-0.25, -0.2) is 13.6 Å². The Hall–Kier alpha value is -4.88. The number of aromatic nitrogens is 1. The molecule has 2 amide bonds. The first-order valence-corrected chi connectivity index (χ1v) is 12.9. The number of rotatable bonds is 8. The summed E-state index contributed by atoms with van der Waals surface area (Å²) >= 11 is 6.41. The molecule has 8 nitrogen and oxygen atoms in total. The molecule has 0 unspecified atom stereocenters. The highest BCUT2D eigenvalue weighted by molar-refractivity contribution is 6.33. The summed E-state index contributed by atoms with van der Waals surface area (Å²) in [5.41, 5.74) is 1.38. The molecular formula is C30H21ClF2N4O4. The van der Waals surface area contributed by atoms with E-state index in [9.17, 15) is 28.3 Å². The second-order valence-corrected chi connectivity index (χ2v) is 10.0. The van der Waals surface area contributed by atoms with E-state index in [1.54, 1.807) is 42.6 Å². The standard InChI is InChI=1S/C30H21ClF2N4O4/c31-22-10-15(14-34)3-7-20(22)21-8-4-16(19-2-1-9-35-27(19)21)13-25(30(40)41)37-29(39)26-23(32)11-17(12-24(26)33)28(38)36-18-5-6-18/h1-4,7-12,18,25H,5-6,13H2,(H,36,38)(H,37,39)(H,40,41)/t25-/m0/s1. The third-order valence-corrected chi connectivity index (χ3v) is 7.03. The van der Waals surface area contributed by atoms with E-state index >= 15 is 0 Å². The van der Waals surface area contributed by atoms with Gasteiger partial charge in [-0.1, -0.05) is 35.9 Å². The number of hydrogen-bond donors (Lipinski definition) is 3. The minimum atomic E-state index is -1.55. The van der Waals surface area contributed by atoms with Crippen LogP contribution in [0.1, 0.15) is 44.7 Å². The van der Waals surface area contributed by atoms with Crippen molar-refractivity contribution >= 4 is 40.3 Å². The van der Waals surface area contributed by atoms with E-state index in [1.165, 1.54) is 6.07 Å². The van der Waals surface area contributed by atoms with Crippen molar-refractivity contribution in [1.82, 2.24) is 15.6 Å². The van der Waals surface area contributed by atoms with Crippen molar-refractivity contribution in [2.75, 3.05) is 0 Å². The maximum atomic E-state index is 14.8. The van der Waals surface area contributed by atoms with Crippen LogP contribution in [0.2, 0.25) is 5.02 Å². The zero-order valence-corrected chi connectivity index (χ0v) is 22.0. The van der Waals surface area contributed by atoms with Gasteiger partial charge in [-0.05, 0) is 48.7 Å². The summed E-state index contributed by atoms with van der Waals surface area (Å²) in [4.78, 5) is 41.6. The Balaban J connectivity index is 1.42. The maximum absolute atomic E-state index is 14.8. The van der Waals surface area contributed by atoms with Gasteiger partial charge in [0.2, 0.25) is 0 Å². The lowest BCUT2D eigenvalue weighted by molar-refractivity contribution is -0.139. The molecule has 1 saturated carbocycles. The fourth-order valence-corrected chi connectivity index (χ4v) is 4.78. The summed E-state index contributed by atoms with van der Waals surface area (Å²) in [7, 11) is 0. The summed E-state index contributed by atoms with van der Waals surface area (Å²) in [6.45, 7) is 0. The predicted molar refractivity (Wildman–Crippen MR) is 146 cm³/mol. The number of pyridine rings is 1. The lowest BCUT2D eigenvalue weighted by atomic mass is 9.94. The molecule has 4 aromatic rings. The summed E-state index contributed by atoms with van der Waals surface area (Å²) in [6.07, 6.45) is 2.90. The molecule has 0 aliphatic heterocycles. The molecular weight excluding hydrogens is 554 g/mol. The number of carbonyl (C=O) groups excluding carboxylic acids is 2. The van der Waals surface area contributed by atoms with Crippen molar-refractivity contribution in [2.45, 2.75) is 31.3 Å². The number of nitriles is 1. The monoisotopic (exact) mass is 574 g/mol. The Bertz CT molecular complexity index is 1740. The average Bonchev–Trinajstić information content (AvgIpc) is 3.76. The van der Waals surface area contributed by atoms with Gasteiger partial charge in [0.25, 0.3) is 11.8 Å². The van der Waals surface area contributed by atoms with Crippen LogP contribution >= 0.6 is 11.6 Å². The lowest BCUT2D eigenvalue weighted by Gasteiger charge is -2.18. The molecule has 1 aliphatic carbocycles. The molecule has 1 aromatic heterocycles. The first kappa shape index (κ1) is 27.7. The van der Waals surface area contributed by atoms with Gasteiger partial charge in [-0.3, -0.25) is 14.6 Å². The highest BCUT2D eigenvalue weighted by atomic mass is 35.5. The van der Waals surface area contributed by atoms with Crippen LogP contribution in [-0.4, -0.2) is 40.0 Å². The van der Waals surface area contributed by atoms with Gasteiger partial charge in [-0.2, -0.15) is 5.26 Å². The molecule has 0 spiro atoms. The van der Waals surface area contributed by atoms with Gasteiger partial charge >= 0.3 is 5.97 Å². The smallest absolute Gasteiger partial charge is 0.326 e. The summed E-state index contributed by atoms with van der Waals surface area (Å²) in [5, 5.41) is 24.7. The Kier molecular flexibility index (Phi) is 7.64. The first-order chi connectivity index (χ1) is 19.7. The highest BCUT2D eigenvalue weighted by Crippen LogP contribution is 2.35. The van der Waals surface area contributed by atoms with E-state index in [0.717, 1.165) is 25.0 Å². The van der Waals surface area contributed by atoms with Crippen LogP contribution in [0.25, 0.3) is 22.0 Å². The normalized spacial score (nSPS) is 13.3. The number of benzene rings is 3. The van der Waals surface area contributed by atoms with Crippen molar-refractivity contribution in [1.29, 1.82) is 5.26 Å². The van der Waals surface area contributed by atoms with Crippen LogP contribution in [0, 0.1) is 23.0 Å². The molecule has 1 aliphatic rings. The number of amides is 2. The number of carboxylic acids is 1. The Morgan fingerprint density at radius 2 is 1.76 bits per heavy atom.